The first-order chi connectivity index (χ1) is 13.8. The summed E-state index contributed by atoms with van der Waals surface area (Å²) in [5.41, 5.74) is 1.81. The molecule has 1 N–H and O–H groups in total. The molecule has 1 atom stereocenters. The highest BCUT2D eigenvalue weighted by atomic mass is 79.9. The lowest BCUT2D eigenvalue weighted by atomic mass is 10.0. The predicted molar refractivity (Wildman–Crippen MR) is 112 cm³/mol. The fourth-order valence-electron chi connectivity index (χ4n) is 3.30. The Morgan fingerprint density at radius 1 is 1.24 bits per heavy atom. The molecule has 1 unspecified atom stereocenters. The molecular weight excluding hydrogens is 462 g/mol. The molecule has 0 bridgehead atoms. The normalized spacial score (nSPS) is 16.5. The van der Waals surface area contributed by atoms with Gasteiger partial charge in [-0.2, -0.15) is 0 Å². The number of ether oxygens (including phenoxy) is 1. The molecular formula is C19H22BrN3O5S. The number of nitrogens with one attached hydrogen (secondary N) is 1. The molecule has 10 heteroatoms. The van der Waals surface area contributed by atoms with Crippen molar-refractivity contribution in [2.45, 2.75) is 17.9 Å². The summed E-state index contributed by atoms with van der Waals surface area (Å²) in [5, 5.41) is 11.1. The summed E-state index contributed by atoms with van der Waals surface area (Å²) >= 11 is 3.14. The van der Waals surface area contributed by atoms with Crippen molar-refractivity contribution >= 4 is 31.6 Å². The number of non-ortho nitro benzene ring substituents is 1. The number of aryl methyl sites for hydroxylation is 1. The highest BCUT2D eigenvalue weighted by molar-refractivity contribution is 9.10. The standard InChI is InChI=1S/C19H22BrN3O5S/c1-14-3-2-4-15(9-14)19(22-5-7-28-8-6-22)13-21-29(26,27)18-11-16(20)10-17(12-18)23(24)25/h2-4,9-12,19,21H,5-8,13H2,1H3. The summed E-state index contributed by atoms with van der Waals surface area (Å²) in [4.78, 5) is 12.5. The third-order valence-corrected chi connectivity index (χ3v) is 6.62. The van der Waals surface area contributed by atoms with Crippen molar-refractivity contribution < 1.29 is 18.1 Å². The predicted octanol–water partition coefficient (Wildman–Crippen LogP) is 3.02. The Hall–Kier alpha value is -1.85. The van der Waals surface area contributed by atoms with Crippen LogP contribution in [0.4, 0.5) is 5.69 Å². The highest BCUT2D eigenvalue weighted by Gasteiger charge is 2.26. The SMILES string of the molecule is Cc1cccc(C(CNS(=O)(=O)c2cc(Br)cc([N+](=O)[O-])c2)N2CCOCC2)c1. The van der Waals surface area contributed by atoms with E-state index in [1.54, 1.807) is 0 Å². The van der Waals surface area contributed by atoms with Gasteiger partial charge in [-0.05, 0) is 18.6 Å². The third-order valence-electron chi connectivity index (χ3n) is 4.76. The van der Waals surface area contributed by atoms with E-state index in [0.717, 1.165) is 17.2 Å². The van der Waals surface area contributed by atoms with Crippen molar-refractivity contribution in [2.75, 3.05) is 32.8 Å². The first-order valence-corrected chi connectivity index (χ1v) is 11.4. The fraction of sp³-hybridized carbons (Fsp3) is 0.368. The van der Waals surface area contributed by atoms with Gasteiger partial charge in [-0.1, -0.05) is 45.8 Å². The zero-order chi connectivity index (χ0) is 21.0. The van der Waals surface area contributed by atoms with Gasteiger partial charge < -0.3 is 4.74 Å². The van der Waals surface area contributed by atoms with Crippen LogP contribution in [0.3, 0.4) is 0 Å². The monoisotopic (exact) mass is 483 g/mol. The van der Waals surface area contributed by atoms with Crippen LogP contribution in [-0.2, 0) is 14.8 Å². The molecule has 156 valence electrons. The molecule has 2 aromatic rings. The number of rotatable bonds is 7. The average Bonchev–Trinajstić information content (AvgIpc) is 2.68. The van der Waals surface area contributed by atoms with E-state index in [4.69, 9.17) is 4.74 Å². The minimum atomic E-state index is -3.93. The van der Waals surface area contributed by atoms with Gasteiger partial charge in [0.15, 0.2) is 0 Å². The van der Waals surface area contributed by atoms with Crippen LogP contribution in [0.1, 0.15) is 17.2 Å². The van der Waals surface area contributed by atoms with Gasteiger partial charge in [-0.3, -0.25) is 15.0 Å². The van der Waals surface area contributed by atoms with Crippen molar-refractivity contribution in [2.24, 2.45) is 0 Å². The molecule has 3 rings (SSSR count). The second-order valence-corrected chi connectivity index (χ2v) is 9.52. The number of morpholine rings is 1. The topological polar surface area (TPSA) is 102 Å². The maximum atomic E-state index is 12.8. The van der Waals surface area contributed by atoms with Gasteiger partial charge in [0.2, 0.25) is 10.0 Å². The Balaban J connectivity index is 1.85. The maximum Gasteiger partial charge on any atom is 0.271 e. The smallest absolute Gasteiger partial charge is 0.271 e. The van der Waals surface area contributed by atoms with Gasteiger partial charge in [0.25, 0.3) is 5.69 Å². The number of halogens is 1. The average molecular weight is 484 g/mol. The molecule has 0 amide bonds. The van der Waals surface area contributed by atoms with Crippen LogP contribution in [0.25, 0.3) is 0 Å². The summed E-state index contributed by atoms with van der Waals surface area (Å²) in [6, 6.07) is 11.5. The molecule has 1 aliphatic rings. The zero-order valence-corrected chi connectivity index (χ0v) is 18.3. The van der Waals surface area contributed by atoms with E-state index < -0.39 is 14.9 Å². The Labute approximate surface area is 178 Å². The second-order valence-electron chi connectivity index (χ2n) is 6.83. The van der Waals surface area contributed by atoms with E-state index in [-0.39, 0.29) is 23.2 Å². The van der Waals surface area contributed by atoms with Crippen molar-refractivity contribution in [1.82, 2.24) is 9.62 Å². The van der Waals surface area contributed by atoms with E-state index in [1.807, 2.05) is 31.2 Å². The lowest BCUT2D eigenvalue weighted by Gasteiger charge is -2.35. The first kappa shape index (κ1) is 21.8. The molecule has 0 aromatic heterocycles. The molecule has 2 aromatic carbocycles. The van der Waals surface area contributed by atoms with E-state index in [1.165, 1.54) is 12.1 Å². The summed E-state index contributed by atoms with van der Waals surface area (Å²) in [5.74, 6) is 0. The molecule has 1 aliphatic heterocycles. The summed E-state index contributed by atoms with van der Waals surface area (Å²) < 4.78 is 34.1. The van der Waals surface area contributed by atoms with Gasteiger partial charge in [-0.15, -0.1) is 0 Å². The van der Waals surface area contributed by atoms with Crippen molar-refractivity contribution in [3.8, 4) is 0 Å². The van der Waals surface area contributed by atoms with Gasteiger partial charge in [0.1, 0.15) is 0 Å². The number of hydrogen-bond acceptors (Lipinski definition) is 6. The van der Waals surface area contributed by atoms with E-state index in [0.29, 0.717) is 30.8 Å². The largest absolute Gasteiger partial charge is 0.379 e. The number of hydrogen-bond donors (Lipinski definition) is 1. The minimum absolute atomic E-state index is 0.145. The van der Waals surface area contributed by atoms with Crippen LogP contribution in [0.2, 0.25) is 0 Å². The number of benzene rings is 2. The van der Waals surface area contributed by atoms with Crippen LogP contribution in [-0.4, -0.2) is 51.1 Å². The first-order valence-electron chi connectivity index (χ1n) is 9.09. The zero-order valence-electron chi connectivity index (χ0n) is 15.9. The fourth-order valence-corrected chi connectivity index (χ4v) is 5.04. The van der Waals surface area contributed by atoms with Crippen molar-refractivity contribution in [3.05, 3.63) is 68.2 Å². The Bertz CT molecular complexity index is 993. The highest BCUT2D eigenvalue weighted by Crippen LogP contribution is 2.26. The minimum Gasteiger partial charge on any atom is -0.379 e. The molecule has 0 radical (unpaired) electrons. The van der Waals surface area contributed by atoms with Gasteiger partial charge in [0, 0.05) is 42.3 Å². The van der Waals surface area contributed by atoms with Crippen LogP contribution >= 0.6 is 15.9 Å². The van der Waals surface area contributed by atoms with Crippen LogP contribution in [0.15, 0.2) is 51.8 Å². The van der Waals surface area contributed by atoms with E-state index >= 15 is 0 Å². The third kappa shape index (κ3) is 5.61. The lowest BCUT2D eigenvalue weighted by Crippen LogP contribution is -2.43. The number of nitro benzene ring substituents is 1. The Kier molecular flexibility index (Phi) is 7.01. The number of nitro groups is 1. The lowest BCUT2D eigenvalue weighted by molar-refractivity contribution is -0.385. The number of sulfonamides is 1. The second kappa shape index (κ2) is 9.31. The van der Waals surface area contributed by atoms with E-state index in [9.17, 15) is 18.5 Å². The van der Waals surface area contributed by atoms with E-state index in [2.05, 4.69) is 25.6 Å². The maximum absolute atomic E-state index is 12.8. The molecule has 8 nitrogen and oxygen atoms in total. The molecule has 0 aliphatic carbocycles. The quantitative estimate of drug-likeness (QED) is 0.479. The summed E-state index contributed by atoms with van der Waals surface area (Å²) in [6.07, 6.45) is 0. The Morgan fingerprint density at radius 3 is 2.62 bits per heavy atom. The molecule has 1 saturated heterocycles. The van der Waals surface area contributed by atoms with Crippen LogP contribution in [0.5, 0.6) is 0 Å². The van der Waals surface area contributed by atoms with Crippen LogP contribution in [0, 0.1) is 17.0 Å². The molecule has 0 saturated carbocycles. The van der Waals surface area contributed by atoms with Gasteiger partial charge in [-0.25, -0.2) is 13.1 Å². The number of nitrogens with zero attached hydrogens (tertiary/aromatic N) is 2. The van der Waals surface area contributed by atoms with Crippen LogP contribution < -0.4 is 4.72 Å². The molecule has 1 fully saturated rings. The molecule has 0 spiro atoms. The molecule has 29 heavy (non-hydrogen) atoms. The summed E-state index contributed by atoms with van der Waals surface area (Å²) in [6.45, 7) is 4.71. The van der Waals surface area contributed by atoms with Crippen molar-refractivity contribution in [1.29, 1.82) is 0 Å². The van der Waals surface area contributed by atoms with Crippen molar-refractivity contribution in [3.63, 3.8) is 0 Å². The summed E-state index contributed by atoms with van der Waals surface area (Å²) in [7, 11) is -3.93. The van der Waals surface area contributed by atoms with Gasteiger partial charge in [0.05, 0.1) is 23.0 Å². The van der Waals surface area contributed by atoms with Gasteiger partial charge >= 0.3 is 0 Å². The Morgan fingerprint density at radius 2 is 1.97 bits per heavy atom. The molecule has 1 heterocycles.